The normalized spacial score (nSPS) is 15.1. The number of hydrogen-bond donors (Lipinski definition) is 3. The fourth-order valence-electron chi connectivity index (χ4n) is 5.08. The molecule has 210 valence electrons. The highest BCUT2D eigenvalue weighted by Gasteiger charge is 2.21. The summed E-state index contributed by atoms with van der Waals surface area (Å²) in [5, 5.41) is 12.2. The highest BCUT2D eigenvalue weighted by atomic mass is 35.5. The first kappa shape index (κ1) is 26.8. The van der Waals surface area contributed by atoms with Crippen molar-refractivity contribution in [1.82, 2.24) is 19.8 Å². The Morgan fingerprint density at radius 1 is 1.02 bits per heavy atom. The lowest BCUT2D eigenvalue weighted by Gasteiger charge is -2.32. The van der Waals surface area contributed by atoms with Gasteiger partial charge < -0.3 is 24.3 Å². The van der Waals surface area contributed by atoms with Crippen molar-refractivity contribution >= 4 is 56.6 Å². The van der Waals surface area contributed by atoms with E-state index < -0.39 is 5.76 Å². The van der Waals surface area contributed by atoms with Crippen LogP contribution in [0.25, 0.3) is 22.0 Å². The van der Waals surface area contributed by atoms with Gasteiger partial charge in [-0.25, -0.2) is 9.79 Å². The second-order valence-corrected chi connectivity index (χ2v) is 10.7. The van der Waals surface area contributed by atoms with Crippen molar-refractivity contribution in [3.8, 4) is 5.88 Å². The molecule has 1 amide bonds. The number of carbonyl (C=O) groups excluding carboxylic acids is 1. The number of nitrogens with zero attached hydrogens (tertiary/aromatic N) is 4. The van der Waals surface area contributed by atoms with Gasteiger partial charge in [0.25, 0.3) is 0 Å². The van der Waals surface area contributed by atoms with E-state index in [0.717, 1.165) is 37.3 Å². The van der Waals surface area contributed by atoms with Gasteiger partial charge in [0.2, 0.25) is 5.91 Å². The molecule has 5 aromatic rings. The zero-order valence-corrected chi connectivity index (χ0v) is 23.4. The number of anilines is 1. The molecule has 0 bridgehead atoms. The molecule has 10 nitrogen and oxygen atoms in total. The van der Waals surface area contributed by atoms with Crippen molar-refractivity contribution in [2.24, 2.45) is 4.99 Å². The second kappa shape index (κ2) is 10.9. The topological polar surface area (TPSA) is 121 Å². The summed E-state index contributed by atoms with van der Waals surface area (Å²) in [4.78, 5) is 41.4. The zero-order valence-electron chi connectivity index (χ0n) is 22.6. The Balaban J connectivity index is 1.35. The third-order valence-corrected chi connectivity index (χ3v) is 7.71. The summed E-state index contributed by atoms with van der Waals surface area (Å²) in [6, 6.07) is 17.9. The average molecular weight is 573 g/mol. The molecule has 1 saturated heterocycles. The van der Waals surface area contributed by atoms with Gasteiger partial charge in [-0.2, -0.15) is 0 Å². The van der Waals surface area contributed by atoms with E-state index in [-0.39, 0.29) is 11.8 Å². The first-order valence-corrected chi connectivity index (χ1v) is 13.6. The van der Waals surface area contributed by atoms with Crippen molar-refractivity contribution in [3.63, 3.8) is 0 Å². The number of oxazole rings is 1. The minimum Gasteiger partial charge on any atom is -0.494 e. The Bertz CT molecular complexity index is 1830. The molecular formula is C30H29ClN6O4. The minimum absolute atomic E-state index is 0.0233. The summed E-state index contributed by atoms with van der Waals surface area (Å²) >= 11 is 6.19. The third-order valence-electron chi connectivity index (χ3n) is 7.48. The van der Waals surface area contributed by atoms with Crippen molar-refractivity contribution in [2.45, 2.75) is 0 Å². The van der Waals surface area contributed by atoms with E-state index in [0.29, 0.717) is 50.7 Å². The molecule has 1 aliphatic heterocycles. The number of aromatic nitrogens is 2. The molecule has 0 spiro atoms. The maximum Gasteiger partial charge on any atom is 0.417 e. The van der Waals surface area contributed by atoms with Crippen molar-refractivity contribution in [1.29, 1.82) is 0 Å². The molecular weight excluding hydrogens is 544 g/mol. The van der Waals surface area contributed by atoms with E-state index in [1.165, 1.54) is 0 Å². The Kier molecular flexibility index (Phi) is 7.12. The molecule has 0 radical (unpaired) electrons. The molecule has 6 rings (SSSR count). The molecule has 3 heterocycles. The Morgan fingerprint density at radius 2 is 1.78 bits per heavy atom. The monoisotopic (exact) mass is 572 g/mol. The van der Waals surface area contributed by atoms with Gasteiger partial charge in [0, 0.05) is 54.9 Å². The number of H-pyrrole nitrogens is 2. The van der Waals surface area contributed by atoms with Crippen LogP contribution < -0.4 is 10.7 Å². The van der Waals surface area contributed by atoms with E-state index in [9.17, 15) is 14.7 Å². The first-order valence-electron chi connectivity index (χ1n) is 13.3. The van der Waals surface area contributed by atoms with Crippen molar-refractivity contribution < 1.29 is 14.3 Å². The molecule has 1 aliphatic rings. The first-order chi connectivity index (χ1) is 19.7. The van der Waals surface area contributed by atoms with E-state index >= 15 is 0 Å². The van der Waals surface area contributed by atoms with Crippen LogP contribution >= 0.6 is 11.6 Å². The van der Waals surface area contributed by atoms with Gasteiger partial charge >= 0.3 is 5.76 Å². The number of benzene rings is 3. The molecule has 2 aromatic heterocycles. The van der Waals surface area contributed by atoms with Crippen LogP contribution in [0.1, 0.15) is 11.1 Å². The summed E-state index contributed by atoms with van der Waals surface area (Å²) in [7, 11) is 3.86. The minimum atomic E-state index is -0.554. The summed E-state index contributed by atoms with van der Waals surface area (Å²) in [5.41, 5.74) is 4.54. The molecule has 0 unspecified atom stereocenters. The number of aromatic hydroxyl groups is 1. The predicted octanol–water partition coefficient (Wildman–Crippen LogP) is 4.34. The van der Waals surface area contributed by atoms with Crippen LogP contribution in [0.15, 0.2) is 74.9 Å². The standard InChI is InChI=1S/C30H29ClN6O4/c1-35-11-13-37(14-12-35)17-26(38)36(2)21-7-5-20(6-8-21)32-28(18-3-10-23-25(15-18)41-30(40)34-23)27-22-9-4-19(31)16-24(22)33-29(27)39/h3-10,15-16,33,39H,11-14,17H2,1-2H3,(H,34,40). The van der Waals surface area contributed by atoms with Gasteiger partial charge in [-0.1, -0.05) is 23.7 Å². The van der Waals surface area contributed by atoms with Crippen LogP contribution in [-0.2, 0) is 4.79 Å². The lowest BCUT2D eigenvalue weighted by molar-refractivity contribution is -0.119. The summed E-state index contributed by atoms with van der Waals surface area (Å²) in [6.07, 6.45) is 0. The summed E-state index contributed by atoms with van der Waals surface area (Å²) < 4.78 is 5.29. The molecule has 0 saturated carbocycles. The molecule has 0 atom stereocenters. The van der Waals surface area contributed by atoms with Crippen LogP contribution in [0, 0.1) is 0 Å². The maximum absolute atomic E-state index is 13.0. The van der Waals surface area contributed by atoms with Gasteiger partial charge in [-0.15, -0.1) is 0 Å². The van der Waals surface area contributed by atoms with Gasteiger partial charge in [0.05, 0.1) is 34.5 Å². The molecule has 3 N–H and O–H groups in total. The Hall–Kier alpha value is -4.38. The summed E-state index contributed by atoms with van der Waals surface area (Å²) in [5.74, 6) is -0.597. The third kappa shape index (κ3) is 5.49. The highest BCUT2D eigenvalue weighted by molar-refractivity contribution is 6.31. The van der Waals surface area contributed by atoms with E-state index in [4.69, 9.17) is 21.0 Å². The number of amides is 1. The molecule has 0 aliphatic carbocycles. The fraction of sp³-hybridized carbons (Fsp3) is 0.233. The van der Waals surface area contributed by atoms with E-state index in [1.54, 1.807) is 42.3 Å². The van der Waals surface area contributed by atoms with Crippen molar-refractivity contribution in [3.05, 3.63) is 87.4 Å². The number of fused-ring (bicyclic) bond motifs is 2. The SMILES string of the molecule is CN1CCN(CC(=O)N(C)c2ccc(N=C(c3ccc4[nH]c(=O)oc4c3)c3c(O)[nH]c4cc(Cl)ccc34)cc2)CC1. The smallest absolute Gasteiger partial charge is 0.417 e. The number of piperazine rings is 1. The number of aromatic amines is 2. The van der Waals surface area contributed by atoms with Crippen LogP contribution in [0.2, 0.25) is 5.02 Å². The van der Waals surface area contributed by atoms with E-state index in [1.807, 2.05) is 30.3 Å². The number of aliphatic imine (C=N–C) groups is 1. The Labute approximate surface area is 240 Å². The van der Waals surface area contributed by atoms with Crippen molar-refractivity contribution in [2.75, 3.05) is 51.7 Å². The number of likely N-dealkylation sites (N-methyl/N-ethyl adjacent to an activating group) is 2. The Morgan fingerprint density at radius 3 is 2.54 bits per heavy atom. The zero-order chi connectivity index (χ0) is 28.7. The van der Waals surface area contributed by atoms with Crippen LogP contribution in [-0.4, -0.2) is 83.3 Å². The van der Waals surface area contributed by atoms with Crippen LogP contribution in [0.5, 0.6) is 5.88 Å². The second-order valence-electron chi connectivity index (χ2n) is 10.3. The molecule has 3 aromatic carbocycles. The van der Waals surface area contributed by atoms with Gasteiger partial charge in [0.15, 0.2) is 11.5 Å². The maximum atomic E-state index is 13.0. The highest BCUT2D eigenvalue weighted by Crippen LogP contribution is 2.33. The van der Waals surface area contributed by atoms with Gasteiger partial charge in [0.1, 0.15) is 0 Å². The van der Waals surface area contributed by atoms with Crippen LogP contribution in [0.4, 0.5) is 11.4 Å². The number of rotatable bonds is 6. The van der Waals surface area contributed by atoms with Crippen LogP contribution in [0.3, 0.4) is 0 Å². The number of hydrogen-bond acceptors (Lipinski definition) is 7. The quantitative estimate of drug-likeness (QED) is 0.260. The number of carbonyl (C=O) groups is 1. The molecule has 1 fully saturated rings. The number of nitrogens with one attached hydrogen (secondary N) is 2. The summed E-state index contributed by atoms with van der Waals surface area (Å²) in [6.45, 7) is 4.02. The lowest BCUT2D eigenvalue weighted by atomic mass is 10.0. The predicted molar refractivity (Wildman–Crippen MR) is 161 cm³/mol. The molecule has 11 heteroatoms. The number of halogens is 1. The van der Waals surface area contributed by atoms with Gasteiger partial charge in [-0.05, 0) is 55.6 Å². The largest absolute Gasteiger partial charge is 0.494 e. The van der Waals surface area contributed by atoms with Gasteiger partial charge in [-0.3, -0.25) is 14.7 Å². The van der Waals surface area contributed by atoms with E-state index in [2.05, 4.69) is 26.8 Å². The average Bonchev–Trinajstić information content (AvgIpc) is 3.49. The lowest BCUT2D eigenvalue weighted by Crippen LogP contribution is -2.48. The fourth-order valence-corrected chi connectivity index (χ4v) is 5.25. The molecule has 41 heavy (non-hydrogen) atoms.